The van der Waals surface area contributed by atoms with Crippen molar-refractivity contribution in [3.8, 4) is 10.6 Å². The molecular weight excluding hydrogens is 214 g/mol. The van der Waals surface area contributed by atoms with E-state index in [0.717, 1.165) is 16.1 Å². The molecule has 0 bridgehead atoms. The number of nitrogens with zero attached hydrogens (tertiary/aromatic N) is 1. The summed E-state index contributed by atoms with van der Waals surface area (Å²) in [5.41, 5.74) is 3.53. The molecule has 0 unspecified atom stereocenters. The van der Waals surface area contributed by atoms with Gasteiger partial charge in [0.15, 0.2) is 0 Å². The molecule has 2 heteroatoms. The molecule has 0 saturated carbocycles. The van der Waals surface area contributed by atoms with Crippen molar-refractivity contribution >= 4 is 21.6 Å². The average molecular weight is 224 g/mol. The Morgan fingerprint density at radius 2 is 1.94 bits per heavy atom. The molecule has 1 radical (unpaired) electrons. The highest BCUT2D eigenvalue weighted by molar-refractivity contribution is 7.21. The summed E-state index contributed by atoms with van der Waals surface area (Å²) in [6.07, 6.45) is 0. The highest BCUT2D eigenvalue weighted by Crippen LogP contribution is 2.30. The topological polar surface area (TPSA) is 12.9 Å². The van der Waals surface area contributed by atoms with Crippen LogP contribution in [0.5, 0.6) is 0 Å². The summed E-state index contributed by atoms with van der Waals surface area (Å²) in [6, 6.07) is 17.3. The van der Waals surface area contributed by atoms with Gasteiger partial charge in [-0.2, -0.15) is 0 Å². The zero-order valence-electron chi connectivity index (χ0n) is 8.90. The first-order valence-electron chi connectivity index (χ1n) is 5.16. The lowest BCUT2D eigenvalue weighted by Gasteiger charge is -1.91. The summed E-state index contributed by atoms with van der Waals surface area (Å²) < 4.78 is 1.25. The smallest absolute Gasteiger partial charge is 0.124 e. The van der Waals surface area contributed by atoms with Gasteiger partial charge in [-0.25, -0.2) is 4.98 Å². The second kappa shape index (κ2) is 3.72. The van der Waals surface area contributed by atoms with Crippen LogP contribution in [0.3, 0.4) is 0 Å². The van der Waals surface area contributed by atoms with E-state index in [4.69, 9.17) is 0 Å². The average Bonchev–Trinajstić information content (AvgIpc) is 2.73. The van der Waals surface area contributed by atoms with Crippen molar-refractivity contribution in [2.75, 3.05) is 0 Å². The molecule has 0 saturated heterocycles. The summed E-state index contributed by atoms with van der Waals surface area (Å²) in [5.74, 6) is 0. The maximum Gasteiger partial charge on any atom is 0.124 e. The zero-order valence-corrected chi connectivity index (χ0v) is 9.71. The van der Waals surface area contributed by atoms with Crippen LogP contribution in [0.25, 0.3) is 20.8 Å². The largest absolute Gasteiger partial charge is 0.236 e. The predicted octanol–water partition coefficient (Wildman–Crippen LogP) is 4.07. The summed E-state index contributed by atoms with van der Waals surface area (Å²) in [7, 11) is 0. The van der Waals surface area contributed by atoms with Crippen molar-refractivity contribution in [1.82, 2.24) is 4.98 Å². The van der Waals surface area contributed by atoms with E-state index in [0.29, 0.717) is 0 Å². The van der Waals surface area contributed by atoms with E-state index in [1.807, 2.05) is 24.3 Å². The third-order valence-corrected chi connectivity index (χ3v) is 3.58. The first-order chi connectivity index (χ1) is 7.83. The normalized spacial score (nSPS) is 10.8. The standard InChI is InChI=1S/C14H10NS/c1-10-7-8-12-13(9-10)16-14(15-12)11-5-3-2-4-6-11/h3-9H,1H3. The molecule has 1 heterocycles. The Bertz CT molecular complexity index is 626. The quantitative estimate of drug-likeness (QED) is 0.607. The highest BCUT2D eigenvalue weighted by Gasteiger charge is 2.05. The number of hydrogen-bond donors (Lipinski definition) is 0. The van der Waals surface area contributed by atoms with Gasteiger partial charge >= 0.3 is 0 Å². The second-order valence-corrected chi connectivity index (χ2v) is 4.81. The fourth-order valence-corrected chi connectivity index (χ4v) is 2.75. The van der Waals surface area contributed by atoms with E-state index in [1.54, 1.807) is 11.3 Å². The zero-order chi connectivity index (χ0) is 11.0. The summed E-state index contributed by atoms with van der Waals surface area (Å²) in [6.45, 7) is 2.11. The molecule has 3 rings (SSSR count). The molecule has 1 nitrogen and oxygen atoms in total. The lowest BCUT2D eigenvalue weighted by atomic mass is 10.2. The summed E-state index contributed by atoms with van der Waals surface area (Å²) in [4.78, 5) is 4.63. The van der Waals surface area contributed by atoms with Crippen molar-refractivity contribution in [3.05, 3.63) is 54.1 Å². The van der Waals surface area contributed by atoms with E-state index in [1.165, 1.54) is 10.3 Å². The molecule has 0 aliphatic carbocycles. The molecule has 0 aliphatic heterocycles. The molecule has 77 valence electrons. The van der Waals surface area contributed by atoms with E-state index < -0.39 is 0 Å². The Labute approximate surface area is 98.4 Å². The number of fused-ring (bicyclic) bond motifs is 1. The lowest BCUT2D eigenvalue weighted by molar-refractivity contribution is 1.45. The molecule has 0 aliphatic rings. The molecule has 1 aromatic heterocycles. The van der Waals surface area contributed by atoms with Crippen LogP contribution in [-0.2, 0) is 0 Å². The molecule has 16 heavy (non-hydrogen) atoms. The van der Waals surface area contributed by atoms with Crippen LogP contribution in [0.15, 0.2) is 42.5 Å². The van der Waals surface area contributed by atoms with Gasteiger partial charge in [0.25, 0.3) is 0 Å². The molecule has 0 N–H and O–H groups in total. The van der Waals surface area contributed by atoms with Crippen LogP contribution in [0, 0.1) is 13.0 Å². The van der Waals surface area contributed by atoms with Crippen LogP contribution in [-0.4, -0.2) is 4.98 Å². The van der Waals surface area contributed by atoms with Gasteiger partial charge in [-0.15, -0.1) is 11.3 Å². The second-order valence-electron chi connectivity index (χ2n) is 3.78. The molecule has 2 aromatic carbocycles. The molecule has 0 fully saturated rings. The Morgan fingerprint density at radius 3 is 2.75 bits per heavy atom. The highest BCUT2D eigenvalue weighted by atomic mass is 32.1. The van der Waals surface area contributed by atoms with Gasteiger partial charge in [0.1, 0.15) is 5.01 Å². The fraction of sp³-hybridized carbons (Fsp3) is 0.0714. The third-order valence-electron chi connectivity index (χ3n) is 2.51. The van der Waals surface area contributed by atoms with Crippen molar-refractivity contribution in [2.24, 2.45) is 0 Å². The minimum Gasteiger partial charge on any atom is -0.236 e. The number of aryl methyl sites for hydroxylation is 1. The van der Waals surface area contributed by atoms with E-state index in [9.17, 15) is 0 Å². The molecular formula is C14H10NS. The van der Waals surface area contributed by atoms with E-state index in [2.05, 4.69) is 36.2 Å². The lowest BCUT2D eigenvalue weighted by Crippen LogP contribution is -1.74. The third kappa shape index (κ3) is 1.61. The minimum absolute atomic E-state index is 1.08. The summed E-state index contributed by atoms with van der Waals surface area (Å²) in [5, 5.41) is 1.08. The fourth-order valence-electron chi connectivity index (χ4n) is 1.68. The Kier molecular flexibility index (Phi) is 2.22. The predicted molar refractivity (Wildman–Crippen MR) is 68.6 cm³/mol. The first kappa shape index (κ1) is 9.55. The minimum atomic E-state index is 1.08. The first-order valence-corrected chi connectivity index (χ1v) is 5.98. The van der Waals surface area contributed by atoms with Crippen LogP contribution >= 0.6 is 11.3 Å². The molecule has 0 spiro atoms. The number of benzene rings is 2. The van der Waals surface area contributed by atoms with Gasteiger partial charge in [0.05, 0.1) is 10.2 Å². The molecule has 0 atom stereocenters. The van der Waals surface area contributed by atoms with Crippen molar-refractivity contribution in [3.63, 3.8) is 0 Å². The van der Waals surface area contributed by atoms with Crippen molar-refractivity contribution < 1.29 is 0 Å². The SMILES string of the molecule is Cc1ccc2nc(-c3cc[c]cc3)sc2c1. The molecule has 3 aromatic rings. The number of hydrogen-bond acceptors (Lipinski definition) is 2. The van der Waals surface area contributed by atoms with Crippen LogP contribution in [0.1, 0.15) is 5.56 Å². The maximum absolute atomic E-state index is 4.63. The Balaban J connectivity index is 2.19. The van der Waals surface area contributed by atoms with Crippen LogP contribution < -0.4 is 0 Å². The van der Waals surface area contributed by atoms with Gasteiger partial charge in [0.2, 0.25) is 0 Å². The summed E-state index contributed by atoms with van der Waals surface area (Å²) >= 11 is 1.74. The Morgan fingerprint density at radius 1 is 1.12 bits per heavy atom. The number of rotatable bonds is 1. The number of aromatic nitrogens is 1. The van der Waals surface area contributed by atoms with Gasteiger partial charge in [-0.1, -0.05) is 30.3 Å². The van der Waals surface area contributed by atoms with Gasteiger partial charge in [-0.05, 0) is 30.7 Å². The van der Waals surface area contributed by atoms with Gasteiger partial charge in [-0.3, -0.25) is 0 Å². The van der Waals surface area contributed by atoms with E-state index in [-0.39, 0.29) is 0 Å². The van der Waals surface area contributed by atoms with Crippen LogP contribution in [0.4, 0.5) is 0 Å². The van der Waals surface area contributed by atoms with Gasteiger partial charge in [0, 0.05) is 5.56 Å². The van der Waals surface area contributed by atoms with Gasteiger partial charge < -0.3 is 0 Å². The monoisotopic (exact) mass is 224 g/mol. The maximum atomic E-state index is 4.63. The Hall–Kier alpha value is -1.67. The molecule has 0 amide bonds. The van der Waals surface area contributed by atoms with Crippen molar-refractivity contribution in [2.45, 2.75) is 6.92 Å². The van der Waals surface area contributed by atoms with Crippen LogP contribution in [0.2, 0.25) is 0 Å². The van der Waals surface area contributed by atoms with Crippen molar-refractivity contribution in [1.29, 1.82) is 0 Å². The number of thiazole rings is 1. The van der Waals surface area contributed by atoms with E-state index >= 15 is 0 Å².